The number of anilines is 1. The highest BCUT2D eigenvalue weighted by Crippen LogP contribution is 2.29. The number of carbonyl (C=O) groups is 1. The average Bonchev–Trinajstić information content (AvgIpc) is 3.20. The van der Waals surface area contributed by atoms with E-state index in [2.05, 4.69) is 20.5 Å². The predicted octanol–water partition coefficient (Wildman–Crippen LogP) is 5.33. The highest BCUT2D eigenvalue weighted by Gasteiger charge is 2.18. The molecule has 0 saturated heterocycles. The molecule has 0 fully saturated rings. The fourth-order valence-corrected chi connectivity index (χ4v) is 4.03. The van der Waals surface area contributed by atoms with Crippen LogP contribution in [0.2, 0.25) is 5.02 Å². The number of rotatable bonds is 6. The lowest BCUT2D eigenvalue weighted by Gasteiger charge is -2.12. The van der Waals surface area contributed by atoms with Gasteiger partial charge in [0.15, 0.2) is 11.0 Å². The van der Waals surface area contributed by atoms with Crippen molar-refractivity contribution in [2.24, 2.45) is 0 Å². The normalized spacial score (nSPS) is 10.8. The second-order valence-electron chi connectivity index (χ2n) is 6.95. The SMILES string of the molecule is Cc1cccc(NC(=O)CSc2nnc(-c3cccnc3)n2-c2cccc(Cl)c2)c1C. The monoisotopic (exact) mass is 449 g/mol. The van der Waals surface area contributed by atoms with Crippen molar-refractivity contribution in [1.29, 1.82) is 0 Å². The number of aryl methyl sites for hydroxylation is 1. The molecule has 156 valence electrons. The molecule has 2 aromatic carbocycles. The second kappa shape index (κ2) is 9.32. The maximum atomic E-state index is 12.6. The van der Waals surface area contributed by atoms with Crippen LogP contribution < -0.4 is 5.32 Å². The van der Waals surface area contributed by atoms with Gasteiger partial charge in [-0.15, -0.1) is 10.2 Å². The predicted molar refractivity (Wildman–Crippen MR) is 125 cm³/mol. The maximum absolute atomic E-state index is 12.6. The zero-order chi connectivity index (χ0) is 21.8. The summed E-state index contributed by atoms with van der Waals surface area (Å²) in [5.41, 5.74) is 4.64. The summed E-state index contributed by atoms with van der Waals surface area (Å²) in [5, 5.41) is 12.9. The molecule has 0 spiro atoms. The Morgan fingerprint density at radius 3 is 2.71 bits per heavy atom. The van der Waals surface area contributed by atoms with Crippen LogP contribution in [-0.2, 0) is 4.79 Å². The van der Waals surface area contributed by atoms with Gasteiger partial charge >= 0.3 is 0 Å². The minimum atomic E-state index is -0.109. The third-order valence-corrected chi connectivity index (χ3v) is 5.99. The molecule has 0 aliphatic carbocycles. The van der Waals surface area contributed by atoms with E-state index in [1.807, 2.05) is 73.0 Å². The lowest BCUT2D eigenvalue weighted by molar-refractivity contribution is -0.113. The van der Waals surface area contributed by atoms with Gasteiger partial charge in [-0.25, -0.2) is 0 Å². The Hall–Kier alpha value is -3.16. The largest absolute Gasteiger partial charge is 0.325 e. The van der Waals surface area contributed by atoms with E-state index in [-0.39, 0.29) is 11.7 Å². The summed E-state index contributed by atoms with van der Waals surface area (Å²) < 4.78 is 1.89. The van der Waals surface area contributed by atoms with E-state index in [0.717, 1.165) is 28.1 Å². The smallest absolute Gasteiger partial charge is 0.234 e. The zero-order valence-corrected chi connectivity index (χ0v) is 18.6. The molecule has 0 radical (unpaired) electrons. The van der Waals surface area contributed by atoms with Crippen molar-refractivity contribution in [1.82, 2.24) is 19.7 Å². The molecule has 1 amide bonds. The average molecular weight is 450 g/mol. The van der Waals surface area contributed by atoms with Crippen LogP contribution in [0.15, 0.2) is 72.1 Å². The van der Waals surface area contributed by atoms with E-state index in [1.165, 1.54) is 11.8 Å². The van der Waals surface area contributed by atoms with Crippen LogP contribution in [0.4, 0.5) is 5.69 Å². The summed E-state index contributed by atoms with van der Waals surface area (Å²) >= 11 is 7.53. The molecule has 0 atom stereocenters. The molecule has 4 aromatic rings. The lowest BCUT2D eigenvalue weighted by Crippen LogP contribution is -2.15. The van der Waals surface area contributed by atoms with Gasteiger partial charge < -0.3 is 5.32 Å². The molecule has 1 N–H and O–H groups in total. The molecule has 0 aliphatic heterocycles. The van der Waals surface area contributed by atoms with Crippen molar-refractivity contribution in [3.63, 3.8) is 0 Å². The van der Waals surface area contributed by atoms with Gasteiger partial charge in [0.25, 0.3) is 0 Å². The van der Waals surface area contributed by atoms with Gasteiger partial charge in [-0.3, -0.25) is 14.3 Å². The number of benzene rings is 2. The summed E-state index contributed by atoms with van der Waals surface area (Å²) in [4.78, 5) is 16.8. The van der Waals surface area contributed by atoms with Crippen molar-refractivity contribution in [3.05, 3.63) is 83.1 Å². The van der Waals surface area contributed by atoms with Crippen molar-refractivity contribution in [3.8, 4) is 17.1 Å². The number of carbonyl (C=O) groups excluding carboxylic acids is 1. The number of nitrogens with zero attached hydrogens (tertiary/aromatic N) is 4. The lowest BCUT2D eigenvalue weighted by atomic mass is 10.1. The van der Waals surface area contributed by atoms with E-state index in [1.54, 1.807) is 12.4 Å². The Bertz CT molecular complexity index is 1230. The van der Waals surface area contributed by atoms with Crippen LogP contribution in [0.3, 0.4) is 0 Å². The summed E-state index contributed by atoms with van der Waals surface area (Å²) in [6.45, 7) is 4.02. The Labute approximate surface area is 189 Å². The number of halogens is 1. The minimum Gasteiger partial charge on any atom is -0.325 e. The quantitative estimate of drug-likeness (QED) is 0.403. The highest BCUT2D eigenvalue weighted by atomic mass is 35.5. The van der Waals surface area contributed by atoms with Gasteiger partial charge in [0, 0.05) is 28.7 Å². The van der Waals surface area contributed by atoms with Gasteiger partial charge in [-0.05, 0) is 61.4 Å². The Morgan fingerprint density at radius 2 is 1.94 bits per heavy atom. The van der Waals surface area contributed by atoms with Crippen molar-refractivity contribution < 1.29 is 4.79 Å². The highest BCUT2D eigenvalue weighted by molar-refractivity contribution is 7.99. The van der Waals surface area contributed by atoms with Crippen LogP contribution in [0.25, 0.3) is 17.1 Å². The van der Waals surface area contributed by atoms with E-state index < -0.39 is 0 Å². The zero-order valence-electron chi connectivity index (χ0n) is 17.0. The first-order valence-electron chi connectivity index (χ1n) is 9.63. The molecule has 2 heterocycles. The number of thioether (sulfide) groups is 1. The summed E-state index contributed by atoms with van der Waals surface area (Å²) in [7, 11) is 0. The van der Waals surface area contributed by atoms with Gasteiger partial charge in [-0.1, -0.05) is 41.6 Å². The summed E-state index contributed by atoms with van der Waals surface area (Å²) in [5.74, 6) is 0.717. The molecule has 6 nitrogen and oxygen atoms in total. The second-order valence-corrected chi connectivity index (χ2v) is 8.33. The number of pyridine rings is 1. The van der Waals surface area contributed by atoms with Crippen LogP contribution in [-0.4, -0.2) is 31.4 Å². The molecule has 4 rings (SSSR count). The van der Waals surface area contributed by atoms with E-state index in [9.17, 15) is 4.79 Å². The maximum Gasteiger partial charge on any atom is 0.234 e. The van der Waals surface area contributed by atoms with Crippen LogP contribution in [0, 0.1) is 13.8 Å². The number of nitrogens with one attached hydrogen (secondary N) is 1. The van der Waals surface area contributed by atoms with Crippen LogP contribution >= 0.6 is 23.4 Å². The number of amides is 1. The molecule has 0 unspecified atom stereocenters. The van der Waals surface area contributed by atoms with Gasteiger partial charge in [-0.2, -0.15) is 0 Å². The molecule has 0 saturated carbocycles. The fourth-order valence-electron chi connectivity index (χ4n) is 3.10. The fraction of sp³-hybridized carbons (Fsp3) is 0.130. The van der Waals surface area contributed by atoms with Gasteiger partial charge in [0.05, 0.1) is 11.4 Å². The molecule has 8 heteroatoms. The molecule has 2 aromatic heterocycles. The van der Waals surface area contributed by atoms with Crippen LogP contribution in [0.1, 0.15) is 11.1 Å². The third-order valence-electron chi connectivity index (χ3n) is 4.83. The van der Waals surface area contributed by atoms with Crippen molar-refractivity contribution in [2.45, 2.75) is 19.0 Å². The minimum absolute atomic E-state index is 0.109. The Kier molecular flexibility index (Phi) is 6.34. The standard InChI is InChI=1S/C23H20ClN5OS/c1-15-6-3-10-20(16(15)2)26-21(30)14-31-23-28-27-22(17-7-5-11-25-13-17)29(23)19-9-4-8-18(24)12-19/h3-13H,14H2,1-2H3,(H,26,30). The number of hydrogen-bond acceptors (Lipinski definition) is 5. The third kappa shape index (κ3) is 4.78. The van der Waals surface area contributed by atoms with Crippen molar-refractivity contribution >= 4 is 35.0 Å². The summed E-state index contributed by atoms with van der Waals surface area (Å²) in [6.07, 6.45) is 3.43. The number of hydrogen-bond donors (Lipinski definition) is 1. The van der Waals surface area contributed by atoms with E-state index in [0.29, 0.717) is 16.0 Å². The first-order valence-corrected chi connectivity index (χ1v) is 11.0. The molecule has 0 aliphatic rings. The topological polar surface area (TPSA) is 72.7 Å². The molecule has 31 heavy (non-hydrogen) atoms. The first-order chi connectivity index (χ1) is 15.0. The summed E-state index contributed by atoms with van der Waals surface area (Å²) in [6, 6.07) is 17.1. The molecular weight excluding hydrogens is 430 g/mol. The Morgan fingerprint density at radius 1 is 1.10 bits per heavy atom. The van der Waals surface area contributed by atoms with Crippen molar-refractivity contribution in [2.75, 3.05) is 11.1 Å². The van der Waals surface area contributed by atoms with Crippen LogP contribution in [0.5, 0.6) is 0 Å². The van der Waals surface area contributed by atoms with E-state index in [4.69, 9.17) is 11.6 Å². The Balaban J connectivity index is 1.60. The number of aromatic nitrogens is 4. The molecule has 0 bridgehead atoms. The first kappa shape index (κ1) is 21.1. The molecular formula is C23H20ClN5OS. The van der Waals surface area contributed by atoms with Gasteiger partial charge in [0.1, 0.15) is 0 Å². The van der Waals surface area contributed by atoms with E-state index >= 15 is 0 Å². The van der Waals surface area contributed by atoms with Gasteiger partial charge in [0.2, 0.25) is 5.91 Å².